The number of nitrogens with one attached hydrogen (secondary N) is 2. The van der Waals surface area contributed by atoms with Crippen molar-refractivity contribution in [2.75, 3.05) is 5.32 Å². The lowest BCUT2D eigenvalue weighted by atomic mass is 10.0. The van der Waals surface area contributed by atoms with Gasteiger partial charge in [0.15, 0.2) is 5.78 Å². The van der Waals surface area contributed by atoms with Crippen molar-refractivity contribution in [3.05, 3.63) is 63.6 Å². The number of halogens is 3. The van der Waals surface area contributed by atoms with Crippen molar-refractivity contribution < 1.29 is 22.8 Å². The zero-order valence-corrected chi connectivity index (χ0v) is 13.2. The number of hydrogen-bond acceptors (Lipinski definition) is 3. The van der Waals surface area contributed by atoms with Gasteiger partial charge in [0, 0.05) is 24.6 Å². The Kier molecular flexibility index (Phi) is 5.41. The van der Waals surface area contributed by atoms with E-state index in [9.17, 15) is 27.6 Å². The van der Waals surface area contributed by atoms with Crippen LogP contribution < -0.4 is 10.9 Å². The summed E-state index contributed by atoms with van der Waals surface area (Å²) in [5.41, 5.74) is -1.03. The fourth-order valence-electron chi connectivity index (χ4n) is 2.06. The summed E-state index contributed by atoms with van der Waals surface area (Å²) in [6.45, 7) is 1.87. The van der Waals surface area contributed by atoms with Crippen molar-refractivity contribution in [1.29, 1.82) is 0 Å². The summed E-state index contributed by atoms with van der Waals surface area (Å²) in [6, 6.07) is 7.34. The van der Waals surface area contributed by atoms with Crippen LogP contribution in [0.25, 0.3) is 0 Å². The van der Waals surface area contributed by atoms with Crippen LogP contribution in [0.1, 0.15) is 34.3 Å². The first-order valence-electron chi connectivity index (χ1n) is 7.36. The van der Waals surface area contributed by atoms with E-state index in [2.05, 4.69) is 5.32 Å². The van der Waals surface area contributed by atoms with Gasteiger partial charge in [-0.25, -0.2) is 0 Å². The number of pyridine rings is 1. The van der Waals surface area contributed by atoms with E-state index in [4.69, 9.17) is 0 Å². The summed E-state index contributed by atoms with van der Waals surface area (Å²) >= 11 is 0. The molecule has 0 radical (unpaired) electrons. The Morgan fingerprint density at radius 1 is 1.12 bits per heavy atom. The van der Waals surface area contributed by atoms with Crippen molar-refractivity contribution in [3.8, 4) is 0 Å². The number of amides is 1. The third-order valence-corrected chi connectivity index (χ3v) is 3.46. The molecule has 5 nitrogen and oxygen atoms in total. The first kappa shape index (κ1) is 18.4. The van der Waals surface area contributed by atoms with Crippen molar-refractivity contribution in [2.24, 2.45) is 0 Å². The van der Waals surface area contributed by atoms with E-state index in [-0.39, 0.29) is 18.6 Å². The number of rotatable bonds is 5. The monoisotopic (exact) mass is 352 g/mol. The number of aromatic nitrogens is 1. The van der Waals surface area contributed by atoms with Gasteiger partial charge in [-0.1, -0.05) is 29.8 Å². The number of aryl methyl sites for hydroxylation is 1. The number of benzene rings is 1. The number of ketones is 1. The number of Topliss-reactive ketones (excluding diaryl/α,β-unsaturated/α-hetero) is 1. The smallest absolute Gasteiger partial charge is 0.327 e. The molecule has 0 saturated heterocycles. The van der Waals surface area contributed by atoms with Gasteiger partial charge in [-0.2, -0.15) is 13.2 Å². The Hall–Kier alpha value is -2.90. The molecule has 0 spiro atoms. The number of H-pyrrole nitrogens is 1. The number of anilines is 1. The number of carbonyl (C=O) groups is 2. The highest BCUT2D eigenvalue weighted by Crippen LogP contribution is 2.29. The van der Waals surface area contributed by atoms with Gasteiger partial charge in [0.25, 0.3) is 5.56 Å². The molecular weight excluding hydrogens is 337 g/mol. The zero-order valence-electron chi connectivity index (χ0n) is 13.2. The predicted octanol–water partition coefficient (Wildman–Crippen LogP) is 3.30. The minimum absolute atomic E-state index is 0.119. The van der Waals surface area contributed by atoms with E-state index < -0.39 is 28.9 Å². The fraction of sp³-hybridized carbons (Fsp3) is 0.235. The normalized spacial score (nSPS) is 11.2. The highest BCUT2D eigenvalue weighted by Gasteiger charge is 2.31. The molecule has 2 aromatic rings. The molecule has 1 aromatic heterocycles. The molecule has 0 fully saturated rings. The second-order valence-electron chi connectivity index (χ2n) is 5.47. The second-order valence-corrected chi connectivity index (χ2v) is 5.47. The van der Waals surface area contributed by atoms with Crippen molar-refractivity contribution in [2.45, 2.75) is 25.9 Å². The minimum atomic E-state index is -4.65. The SMILES string of the molecule is Cc1ccc(C(=O)CCC(=O)Nc2cc(C(F)(F)F)c[nH]c2=O)cc1. The number of aromatic amines is 1. The molecule has 0 bridgehead atoms. The lowest BCUT2D eigenvalue weighted by Gasteiger charge is -2.09. The maximum atomic E-state index is 12.6. The molecule has 0 aliphatic carbocycles. The molecule has 0 aliphatic rings. The molecule has 25 heavy (non-hydrogen) atoms. The first-order valence-corrected chi connectivity index (χ1v) is 7.36. The van der Waals surface area contributed by atoms with E-state index >= 15 is 0 Å². The largest absolute Gasteiger partial charge is 0.417 e. The average Bonchev–Trinajstić information content (AvgIpc) is 2.54. The summed E-state index contributed by atoms with van der Waals surface area (Å²) in [5, 5.41) is 2.10. The predicted molar refractivity (Wildman–Crippen MR) is 85.4 cm³/mol. The first-order chi connectivity index (χ1) is 11.7. The van der Waals surface area contributed by atoms with E-state index in [1.165, 1.54) is 0 Å². The fourth-order valence-corrected chi connectivity index (χ4v) is 2.06. The molecule has 0 unspecified atom stereocenters. The Labute approximate surface area is 140 Å². The van der Waals surface area contributed by atoms with Crippen LogP contribution >= 0.6 is 0 Å². The molecular formula is C17H15F3N2O3. The summed E-state index contributed by atoms with van der Waals surface area (Å²) in [6.07, 6.45) is -4.49. The quantitative estimate of drug-likeness (QED) is 0.811. The third-order valence-electron chi connectivity index (χ3n) is 3.46. The van der Waals surface area contributed by atoms with E-state index in [0.29, 0.717) is 17.8 Å². The van der Waals surface area contributed by atoms with Gasteiger partial charge < -0.3 is 10.3 Å². The Morgan fingerprint density at radius 2 is 1.76 bits per heavy atom. The molecule has 1 amide bonds. The Morgan fingerprint density at radius 3 is 2.36 bits per heavy atom. The molecule has 8 heteroatoms. The molecule has 2 N–H and O–H groups in total. The van der Waals surface area contributed by atoms with Crippen LogP contribution in [0.3, 0.4) is 0 Å². The molecule has 0 atom stereocenters. The Balaban J connectivity index is 2.00. The van der Waals surface area contributed by atoms with E-state index in [0.717, 1.165) is 5.56 Å². The van der Waals surface area contributed by atoms with Gasteiger partial charge >= 0.3 is 6.18 Å². The van der Waals surface area contributed by atoms with Crippen molar-refractivity contribution in [3.63, 3.8) is 0 Å². The molecule has 132 valence electrons. The molecule has 0 aliphatic heterocycles. The van der Waals surface area contributed by atoms with Gasteiger partial charge in [0.1, 0.15) is 5.69 Å². The van der Waals surface area contributed by atoms with Crippen molar-refractivity contribution in [1.82, 2.24) is 4.98 Å². The maximum absolute atomic E-state index is 12.6. The highest BCUT2D eigenvalue weighted by molar-refractivity contribution is 6.00. The van der Waals surface area contributed by atoms with Crippen LogP contribution in [-0.4, -0.2) is 16.7 Å². The lowest BCUT2D eigenvalue weighted by molar-refractivity contribution is -0.137. The van der Waals surface area contributed by atoms with E-state index in [1.807, 2.05) is 11.9 Å². The van der Waals surface area contributed by atoms with Crippen LogP contribution in [0, 0.1) is 6.92 Å². The van der Waals surface area contributed by atoms with Crippen LogP contribution in [0.15, 0.2) is 41.3 Å². The van der Waals surface area contributed by atoms with Crippen LogP contribution in [0.4, 0.5) is 18.9 Å². The van der Waals surface area contributed by atoms with Crippen LogP contribution in [0.2, 0.25) is 0 Å². The van der Waals surface area contributed by atoms with Gasteiger partial charge in [-0.15, -0.1) is 0 Å². The van der Waals surface area contributed by atoms with Crippen molar-refractivity contribution >= 4 is 17.4 Å². The van der Waals surface area contributed by atoms with Crippen LogP contribution in [-0.2, 0) is 11.0 Å². The zero-order chi connectivity index (χ0) is 18.6. The summed E-state index contributed by atoms with van der Waals surface area (Å²) in [7, 11) is 0. The molecule has 2 rings (SSSR count). The third kappa shape index (κ3) is 5.03. The highest BCUT2D eigenvalue weighted by atomic mass is 19.4. The Bertz CT molecular complexity index is 839. The summed E-state index contributed by atoms with van der Waals surface area (Å²) in [5.74, 6) is -0.988. The number of alkyl halides is 3. The second kappa shape index (κ2) is 7.33. The van der Waals surface area contributed by atoms with E-state index in [1.54, 1.807) is 24.3 Å². The molecule has 0 saturated carbocycles. The standard InChI is InChI=1S/C17H15F3N2O3/c1-10-2-4-11(5-3-10)14(23)6-7-15(24)22-13-8-12(17(18,19)20)9-21-16(13)25/h2-5,8-9H,6-7H2,1H3,(H,21,25)(H,22,24). The molecule has 1 heterocycles. The van der Waals surface area contributed by atoms with Crippen LogP contribution in [0.5, 0.6) is 0 Å². The topological polar surface area (TPSA) is 79.0 Å². The van der Waals surface area contributed by atoms with Gasteiger partial charge in [-0.3, -0.25) is 14.4 Å². The van der Waals surface area contributed by atoms with Gasteiger partial charge in [-0.05, 0) is 13.0 Å². The number of carbonyl (C=O) groups excluding carboxylic acids is 2. The van der Waals surface area contributed by atoms with Gasteiger partial charge in [0.05, 0.1) is 5.56 Å². The number of hydrogen-bond donors (Lipinski definition) is 2. The summed E-state index contributed by atoms with van der Waals surface area (Å²) in [4.78, 5) is 37.2. The van der Waals surface area contributed by atoms with Gasteiger partial charge in [0.2, 0.25) is 5.91 Å². The molecule has 1 aromatic carbocycles. The minimum Gasteiger partial charge on any atom is -0.327 e. The maximum Gasteiger partial charge on any atom is 0.417 e. The average molecular weight is 352 g/mol. The summed E-state index contributed by atoms with van der Waals surface area (Å²) < 4.78 is 37.9. The lowest BCUT2D eigenvalue weighted by Crippen LogP contribution is -2.21.